The Morgan fingerprint density at radius 2 is 1.77 bits per heavy atom. The molecule has 114 valence electrons. The first-order chi connectivity index (χ1) is 10.7. The van der Waals surface area contributed by atoms with Crippen LogP contribution in [-0.2, 0) is 4.79 Å². The van der Waals surface area contributed by atoms with Gasteiger partial charge in [0.05, 0.1) is 5.71 Å². The number of hydrogen-bond acceptors (Lipinski definition) is 3. The Bertz CT molecular complexity index is 651. The van der Waals surface area contributed by atoms with E-state index < -0.39 is 0 Å². The van der Waals surface area contributed by atoms with Gasteiger partial charge < -0.3 is 4.74 Å². The molecule has 0 saturated heterocycles. The van der Waals surface area contributed by atoms with E-state index in [4.69, 9.17) is 4.74 Å². The molecule has 0 atom stereocenters. The number of ether oxygens (including phenoxy) is 1. The van der Waals surface area contributed by atoms with Gasteiger partial charge >= 0.3 is 0 Å². The van der Waals surface area contributed by atoms with E-state index in [1.807, 2.05) is 68.4 Å². The van der Waals surface area contributed by atoms with Crippen LogP contribution in [-0.4, -0.2) is 18.2 Å². The first-order valence-electron chi connectivity index (χ1n) is 7.30. The molecule has 0 aromatic heterocycles. The third kappa shape index (κ3) is 4.45. The lowest BCUT2D eigenvalue weighted by atomic mass is 10.1. The summed E-state index contributed by atoms with van der Waals surface area (Å²) >= 11 is 0. The lowest BCUT2D eigenvalue weighted by Crippen LogP contribution is -2.26. The maximum absolute atomic E-state index is 11.8. The van der Waals surface area contributed by atoms with Gasteiger partial charge in [-0.25, -0.2) is 5.43 Å². The van der Waals surface area contributed by atoms with Gasteiger partial charge in [-0.3, -0.25) is 4.79 Å². The van der Waals surface area contributed by atoms with Crippen LogP contribution in [0.4, 0.5) is 0 Å². The smallest absolute Gasteiger partial charge is 0.277 e. The fraction of sp³-hybridized carbons (Fsp3) is 0.222. The Morgan fingerprint density at radius 1 is 1.09 bits per heavy atom. The highest BCUT2D eigenvalue weighted by Gasteiger charge is 2.05. The van der Waals surface area contributed by atoms with Crippen LogP contribution in [0.5, 0.6) is 5.75 Å². The summed E-state index contributed by atoms with van der Waals surface area (Å²) in [7, 11) is 0. The third-order valence-corrected chi connectivity index (χ3v) is 3.21. The van der Waals surface area contributed by atoms with E-state index in [2.05, 4.69) is 10.5 Å². The zero-order valence-electron chi connectivity index (χ0n) is 12.9. The summed E-state index contributed by atoms with van der Waals surface area (Å²) in [4.78, 5) is 11.8. The Balaban J connectivity index is 1.91. The highest BCUT2D eigenvalue weighted by atomic mass is 16.5. The van der Waals surface area contributed by atoms with Gasteiger partial charge in [-0.15, -0.1) is 0 Å². The SMILES string of the molecule is CC/C(=N\NC(=O)COc1ccccc1C)c1ccccc1. The molecule has 0 aliphatic heterocycles. The quantitative estimate of drug-likeness (QED) is 0.657. The summed E-state index contributed by atoms with van der Waals surface area (Å²) in [5.41, 5.74) is 5.39. The van der Waals surface area contributed by atoms with Crippen molar-refractivity contribution >= 4 is 11.6 Å². The molecule has 1 amide bonds. The zero-order valence-corrected chi connectivity index (χ0v) is 12.9. The Kier molecular flexibility index (Phi) is 5.72. The monoisotopic (exact) mass is 296 g/mol. The molecule has 22 heavy (non-hydrogen) atoms. The average molecular weight is 296 g/mol. The number of hydrazone groups is 1. The largest absolute Gasteiger partial charge is 0.483 e. The second-order valence-corrected chi connectivity index (χ2v) is 4.87. The number of para-hydroxylation sites is 1. The van der Waals surface area contributed by atoms with Crippen molar-refractivity contribution in [1.82, 2.24) is 5.43 Å². The molecule has 0 radical (unpaired) electrons. The third-order valence-electron chi connectivity index (χ3n) is 3.21. The van der Waals surface area contributed by atoms with Gasteiger partial charge in [-0.1, -0.05) is 55.5 Å². The van der Waals surface area contributed by atoms with Crippen molar-refractivity contribution in [2.75, 3.05) is 6.61 Å². The van der Waals surface area contributed by atoms with E-state index in [0.717, 1.165) is 23.3 Å². The van der Waals surface area contributed by atoms with Crippen molar-refractivity contribution in [3.63, 3.8) is 0 Å². The molecule has 0 bridgehead atoms. The number of amides is 1. The molecule has 0 fully saturated rings. The van der Waals surface area contributed by atoms with Crippen LogP contribution in [0.2, 0.25) is 0 Å². The van der Waals surface area contributed by atoms with Gasteiger partial charge in [-0.2, -0.15) is 5.10 Å². The summed E-state index contributed by atoms with van der Waals surface area (Å²) in [5.74, 6) is 0.436. The minimum Gasteiger partial charge on any atom is -0.483 e. The summed E-state index contributed by atoms with van der Waals surface area (Å²) in [6.07, 6.45) is 0.739. The van der Waals surface area contributed by atoms with Crippen molar-refractivity contribution in [2.24, 2.45) is 5.10 Å². The lowest BCUT2D eigenvalue weighted by Gasteiger charge is -2.08. The van der Waals surface area contributed by atoms with Gasteiger partial charge in [0.15, 0.2) is 6.61 Å². The molecule has 0 aliphatic rings. The standard InChI is InChI=1S/C18H20N2O2/c1-3-16(15-10-5-4-6-11-15)19-20-18(21)13-22-17-12-8-7-9-14(17)2/h4-12H,3,13H2,1-2H3,(H,20,21)/b19-16+. The number of carbonyl (C=O) groups excluding carboxylic acids is 1. The molecule has 1 N–H and O–H groups in total. The van der Waals surface area contributed by atoms with Crippen molar-refractivity contribution in [1.29, 1.82) is 0 Å². The van der Waals surface area contributed by atoms with Crippen LogP contribution in [0.25, 0.3) is 0 Å². The minimum atomic E-state index is -0.273. The number of hydrogen-bond donors (Lipinski definition) is 1. The average Bonchev–Trinajstić information content (AvgIpc) is 2.55. The number of carbonyl (C=O) groups is 1. The maximum Gasteiger partial charge on any atom is 0.277 e. The summed E-state index contributed by atoms with van der Waals surface area (Å²) in [6, 6.07) is 17.4. The van der Waals surface area contributed by atoms with Crippen LogP contribution < -0.4 is 10.2 Å². The number of rotatable bonds is 6. The van der Waals surface area contributed by atoms with Crippen molar-refractivity contribution in [3.05, 3.63) is 65.7 Å². The van der Waals surface area contributed by atoms with Crippen molar-refractivity contribution in [2.45, 2.75) is 20.3 Å². The molecule has 2 aromatic rings. The Hall–Kier alpha value is -2.62. The fourth-order valence-electron chi connectivity index (χ4n) is 2.00. The van der Waals surface area contributed by atoms with Crippen LogP contribution in [0.15, 0.2) is 59.7 Å². The van der Waals surface area contributed by atoms with E-state index in [1.54, 1.807) is 0 Å². The van der Waals surface area contributed by atoms with Crippen LogP contribution in [0.1, 0.15) is 24.5 Å². The predicted octanol–water partition coefficient (Wildman–Crippen LogP) is 3.30. The highest BCUT2D eigenvalue weighted by Crippen LogP contribution is 2.15. The molecule has 0 saturated carbocycles. The molecule has 2 aromatic carbocycles. The van der Waals surface area contributed by atoms with Gasteiger partial charge in [0, 0.05) is 0 Å². The van der Waals surface area contributed by atoms with E-state index in [-0.39, 0.29) is 12.5 Å². The highest BCUT2D eigenvalue weighted by molar-refractivity contribution is 6.00. The van der Waals surface area contributed by atoms with E-state index >= 15 is 0 Å². The normalized spacial score (nSPS) is 11.1. The summed E-state index contributed by atoms with van der Waals surface area (Å²) < 4.78 is 5.49. The van der Waals surface area contributed by atoms with Crippen LogP contribution in [0.3, 0.4) is 0 Å². The molecule has 4 heteroatoms. The summed E-state index contributed by atoms with van der Waals surface area (Å²) in [6.45, 7) is 3.89. The van der Waals surface area contributed by atoms with Crippen LogP contribution in [0, 0.1) is 6.92 Å². The number of aryl methyl sites for hydroxylation is 1. The first kappa shape index (κ1) is 15.8. The summed E-state index contributed by atoms with van der Waals surface area (Å²) in [5, 5.41) is 4.18. The topological polar surface area (TPSA) is 50.7 Å². The van der Waals surface area contributed by atoms with Gasteiger partial charge in [0.25, 0.3) is 5.91 Å². The number of nitrogens with one attached hydrogen (secondary N) is 1. The number of nitrogens with zero attached hydrogens (tertiary/aromatic N) is 1. The minimum absolute atomic E-state index is 0.0554. The molecular weight excluding hydrogens is 276 g/mol. The van der Waals surface area contributed by atoms with Gasteiger partial charge in [0.1, 0.15) is 5.75 Å². The Labute approximate surface area is 130 Å². The molecule has 0 aliphatic carbocycles. The lowest BCUT2D eigenvalue weighted by molar-refractivity contribution is -0.123. The van der Waals surface area contributed by atoms with Crippen molar-refractivity contribution < 1.29 is 9.53 Å². The second-order valence-electron chi connectivity index (χ2n) is 4.87. The van der Waals surface area contributed by atoms with Crippen molar-refractivity contribution in [3.8, 4) is 5.75 Å². The molecule has 2 rings (SSSR count). The fourth-order valence-corrected chi connectivity index (χ4v) is 2.00. The van der Waals surface area contributed by atoms with E-state index in [0.29, 0.717) is 5.75 Å². The molecular formula is C18H20N2O2. The van der Waals surface area contributed by atoms with E-state index in [9.17, 15) is 4.79 Å². The Morgan fingerprint density at radius 3 is 2.45 bits per heavy atom. The van der Waals surface area contributed by atoms with Crippen LogP contribution >= 0.6 is 0 Å². The maximum atomic E-state index is 11.8. The number of benzene rings is 2. The zero-order chi connectivity index (χ0) is 15.8. The molecule has 0 spiro atoms. The van der Waals surface area contributed by atoms with E-state index in [1.165, 1.54) is 0 Å². The molecule has 4 nitrogen and oxygen atoms in total. The van der Waals surface area contributed by atoms with Gasteiger partial charge in [-0.05, 0) is 30.5 Å². The predicted molar refractivity (Wildman–Crippen MR) is 88.1 cm³/mol. The molecule has 0 unspecified atom stereocenters. The second kappa shape index (κ2) is 7.98. The molecule has 0 heterocycles. The first-order valence-corrected chi connectivity index (χ1v) is 7.30. The van der Waals surface area contributed by atoms with Gasteiger partial charge in [0.2, 0.25) is 0 Å².